The molecule has 3 saturated heterocycles. The zero-order valence-electron chi connectivity index (χ0n) is 12.8. The Morgan fingerprint density at radius 1 is 0.550 bits per heavy atom. The molecule has 6 nitrogen and oxygen atoms in total. The van der Waals surface area contributed by atoms with Crippen molar-refractivity contribution in [1.29, 1.82) is 0 Å². The van der Waals surface area contributed by atoms with Crippen LogP contribution in [0.5, 0.6) is 0 Å². The summed E-state index contributed by atoms with van der Waals surface area (Å²) in [6.45, 7) is 16.1. The van der Waals surface area contributed by atoms with Gasteiger partial charge in [0.25, 0.3) is 0 Å². The smallest absolute Gasteiger partial charge is 0.128 e. The zero-order valence-corrected chi connectivity index (χ0v) is 12.8. The molecule has 3 aliphatic rings. The van der Waals surface area contributed by atoms with Gasteiger partial charge in [-0.1, -0.05) is 0 Å². The van der Waals surface area contributed by atoms with E-state index in [0.29, 0.717) is 0 Å². The van der Waals surface area contributed by atoms with Gasteiger partial charge in [0, 0.05) is 78.5 Å². The molecule has 0 saturated carbocycles. The summed E-state index contributed by atoms with van der Waals surface area (Å²) in [4.78, 5) is 8.08. The lowest BCUT2D eigenvalue weighted by molar-refractivity contribution is -0.168. The molecular weight excluding hydrogens is 252 g/mol. The minimum Gasteiger partial charge on any atom is -0.314 e. The molecule has 0 unspecified atom stereocenters. The van der Waals surface area contributed by atoms with Crippen molar-refractivity contribution in [3.63, 3.8) is 0 Å². The first kappa shape index (κ1) is 14.7. The van der Waals surface area contributed by atoms with Gasteiger partial charge in [-0.25, -0.2) is 0 Å². The molecule has 3 N–H and O–H groups in total. The van der Waals surface area contributed by atoms with Crippen molar-refractivity contribution in [2.24, 2.45) is 0 Å². The number of nitrogens with one attached hydrogen (secondary N) is 3. The van der Waals surface area contributed by atoms with Gasteiger partial charge >= 0.3 is 0 Å². The molecule has 0 bridgehead atoms. The second-order valence-electron chi connectivity index (χ2n) is 6.18. The van der Waals surface area contributed by atoms with Crippen LogP contribution >= 0.6 is 0 Å². The fraction of sp³-hybridized carbons (Fsp3) is 1.00. The summed E-state index contributed by atoms with van der Waals surface area (Å²) in [6, 6.07) is 0. The number of nitrogens with zero attached hydrogens (tertiary/aromatic N) is 3. The van der Waals surface area contributed by atoms with Crippen LogP contribution in [0.15, 0.2) is 0 Å². The van der Waals surface area contributed by atoms with Gasteiger partial charge < -0.3 is 16.0 Å². The lowest BCUT2D eigenvalue weighted by Crippen LogP contribution is -2.74. The lowest BCUT2D eigenvalue weighted by atomic mass is 10.1. The Bertz CT molecular complexity index is 246. The molecule has 0 atom stereocenters. The topological polar surface area (TPSA) is 45.8 Å². The first-order valence-corrected chi connectivity index (χ1v) is 8.19. The van der Waals surface area contributed by atoms with Crippen LogP contribution in [0, 0.1) is 0 Å². The molecule has 6 heteroatoms. The molecule has 0 aromatic heterocycles. The number of hydrogen-bond donors (Lipinski definition) is 3. The van der Waals surface area contributed by atoms with Gasteiger partial charge in [-0.15, -0.1) is 0 Å². The average Bonchev–Trinajstić information content (AvgIpc) is 2.56. The van der Waals surface area contributed by atoms with Gasteiger partial charge in [-0.3, -0.25) is 14.7 Å². The number of piperazine rings is 3. The molecular formula is C14H30N6. The molecule has 0 amide bonds. The van der Waals surface area contributed by atoms with Gasteiger partial charge in [-0.2, -0.15) is 0 Å². The Morgan fingerprint density at radius 2 is 0.800 bits per heavy atom. The molecule has 3 heterocycles. The molecule has 116 valence electrons. The minimum atomic E-state index is 0.0896. The Morgan fingerprint density at radius 3 is 1.05 bits per heavy atom. The summed E-state index contributed by atoms with van der Waals surface area (Å²) >= 11 is 0. The highest BCUT2D eigenvalue weighted by Gasteiger charge is 2.43. The Labute approximate surface area is 122 Å². The third-order valence-corrected chi connectivity index (χ3v) is 5.15. The first-order chi connectivity index (χ1) is 9.82. The number of hydrogen-bond acceptors (Lipinski definition) is 6. The lowest BCUT2D eigenvalue weighted by Gasteiger charge is -2.57. The summed E-state index contributed by atoms with van der Waals surface area (Å²) in [6.07, 6.45) is 0. The van der Waals surface area contributed by atoms with Gasteiger partial charge in [0.2, 0.25) is 0 Å². The van der Waals surface area contributed by atoms with Crippen molar-refractivity contribution in [3.8, 4) is 0 Å². The van der Waals surface area contributed by atoms with E-state index in [1.165, 1.54) is 0 Å². The molecule has 0 aromatic carbocycles. The van der Waals surface area contributed by atoms with Crippen molar-refractivity contribution >= 4 is 0 Å². The summed E-state index contributed by atoms with van der Waals surface area (Å²) in [5.74, 6) is 0.0896. The van der Waals surface area contributed by atoms with E-state index in [-0.39, 0.29) is 5.79 Å². The second-order valence-corrected chi connectivity index (χ2v) is 6.18. The summed E-state index contributed by atoms with van der Waals surface area (Å²) in [5, 5.41) is 10.5. The second kappa shape index (κ2) is 6.68. The maximum Gasteiger partial charge on any atom is 0.128 e. The van der Waals surface area contributed by atoms with Crippen LogP contribution in [0.4, 0.5) is 0 Å². The Balaban J connectivity index is 1.79. The van der Waals surface area contributed by atoms with E-state index in [0.717, 1.165) is 78.5 Å². The van der Waals surface area contributed by atoms with Gasteiger partial charge in [0.1, 0.15) is 5.79 Å². The predicted octanol–water partition coefficient (Wildman–Crippen LogP) is -1.62. The molecule has 0 radical (unpaired) electrons. The van der Waals surface area contributed by atoms with Crippen molar-refractivity contribution in [3.05, 3.63) is 0 Å². The van der Waals surface area contributed by atoms with E-state index in [1.54, 1.807) is 0 Å². The largest absolute Gasteiger partial charge is 0.314 e. The third-order valence-electron chi connectivity index (χ3n) is 5.15. The highest BCUT2D eigenvalue weighted by Crippen LogP contribution is 2.26. The maximum atomic E-state index is 3.49. The van der Waals surface area contributed by atoms with E-state index in [4.69, 9.17) is 0 Å². The van der Waals surface area contributed by atoms with Crippen molar-refractivity contribution in [1.82, 2.24) is 30.7 Å². The number of rotatable bonds is 3. The molecule has 0 aromatic rings. The quantitative estimate of drug-likeness (QED) is 0.578. The van der Waals surface area contributed by atoms with E-state index in [2.05, 4.69) is 37.6 Å². The molecule has 0 aliphatic carbocycles. The molecule has 0 spiro atoms. The fourth-order valence-electron chi connectivity index (χ4n) is 3.87. The van der Waals surface area contributed by atoms with Crippen LogP contribution < -0.4 is 16.0 Å². The fourth-order valence-corrected chi connectivity index (χ4v) is 3.87. The first-order valence-electron chi connectivity index (χ1n) is 8.19. The Kier molecular flexibility index (Phi) is 4.91. The van der Waals surface area contributed by atoms with Crippen LogP contribution in [0.3, 0.4) is 0 Å². The van der Waals surface area contributed by atoms with Crippen LogP contribution in [0.2, 0.25) is 0 Å². The van der Waals surface area contributed by atoms with Gasteiger partial charge in [0.05, 0.1) is 0 Å². The normalized spacial score (nSPS) is 28.6. The summed E-state index contributed by atoms with van der Waals surface area (Å²) in [5.41, 5.74) is 0. The summed E-state index contributed by atoms with van der Waals surface area (Å²) < 4.78 is 0. The predicted molar refractivity (Wildman–Crippen MR) is 81.7 cm³/mol. The van der Waals surface area contributed by atoms with E-state index >= 15 is 0 Å². The maximum absolute atomic E-state index is 3.49. The standard InChI is InChI=1S/C14H30N6/c1-14(18-8-2-15-3-9-18,19-10-4-16-5-11-19)20-12-6-17-7-13-20/h15-17H,2-13H2,1H3. The molecule has 20 heavy (non-hydrogen) atoms. The minimum absolute atomic E-state index is 0.0896. The van der Waals surface area contributed by atoms with E-state index in [1.807, 2.05) is 0 Å². The van der Waals surface area contributed by atoms with Crippen molar-refractivity contribution in [2.45, 2.75) is 12.7 Å². The monoisotopic (exact) mass is 282 g/mol. The van der Waals surface area contributed by atoms with Crippen LogP contribution in [0.25, 0.3) is 0 Å². The highest BCUT2D eigenvalue weighted by molar-refractivity contribution is 4.92. The summed E-state index contributed by atoms with van der Waals surface area (Å²) in [7, 11) is 0. The average molecular weight is 282 g/mol. The van der Waals surface area contributed by atoms with Gasteiger partial charge in [0.15, 0.2) is 0 Å². The van der Waals surface area contributed by atoms with E-state index in [9.17, 15) is 0 Å². The van der Waals surface area contributed by atoms with Crippen LogP contribution in [-0.2, 0) is 0 Å². The van der Waals surface area contributed by atoms with Crippen molar-refractivity contribution < 1.29 is 0 Å². The highest BCUT2D eigenvalue weighted by atomic mass is 15.6. The molecule has 3 aliphatic heterocycles. The van der Waals surface area contributed by atoms with Crippen LogP contribution in [-0.4, -0.2) is 99.0 Å². The third kappa shape index (κ3) is 2.86. The van der Waals surface area contributed by atoms with Gasteiger partial charge in [-0.05, 0) is 6.92 Å². The SMILES string of the molecule is CC(N1CCNCC1)(N1CCNCC1)N1CCNCC1. The Hall–Kier alpha value is -0.240. The van der Waals surface area contributed by atoms with Crippen molar-refractivity contribution in [2.75, 3.05) is 78.5 Å². The van der Waals surface area contributed by atoms with Crippen LogP contribution in [0.1, 0.15) is 6.92 Å². The molecule has 3 rings (SSSR count). The van der Waals surface area contributed by atoms with E-state index < -0.39 is 0 Å². The zero-order chi connectivity index (χ0) is 13.8. The molecule has 3 fully saturated rings.